The van der Waals surface area contributed by atoms with Gasteiger partial charge >= 0.3 is 5.97 Å². The normalized spacial score (nSPS) is 43.8. The summed E-state index contributed by atoms with van der Waals surface area (Å²) in [5.41, 5.74) is 5.71. The van der Waals surface area contributed by atoms with E-state index >= 15 is 0 Å². The van der Waals surface area contributed by atoms with Crippen molar-refractivity contribution in [3.63, 3.8) is 0 Å². The van der Waals surface area contributed by atoms with Gasteiger partial charge in [-0.15, -0.1) is 0 Å². The van der Waals surface area contributed by atoms with Gasteiger partial charge in [-0.25, -0.2) is 0 Å². The van der Waals surface area contributed by atoms with Crippen LogP contribution in [0.3, 0.4) is 0 Å². The molecular weight excluding hydrogens is 238 g/mol. The molecule has 0 radical (unpaired) electrons. The Hall–Kier alpha value is -0.570. The van der Waals surface area contributed by atoms with Gasteiger partial charge in [-0.1, -0.05) is 26.7 Å². The quantitative estimate of drug-likeness (QED) is 0.781. The molecule has 0 aromatic rings. The van der Waals surface area contributed by atoms with E-state index in [0.29, 0.717) is 5.92 Å². The molecule has 0 saturated heterocycles. The third-order valence-electron chi connectivity index (χ3n) is 5.57. The lowest BCUT2D eigenvalue weighted by Gasteiger charge is -2.39. The molecule has 0 aromatic carbocycles. The monoisotopic (exact) mass is 267 g/mol. The fourth-order valence-corrected chi connectivity index (χ4v) is 3.51. The van der Waals surface area contributed by atoms with Gasteiger partial charge in [0, 0.05) is 6.04 Å². The van der Waals surface area contributed by atoms with Gasteiger partial charge < -0.3 is 10.5 Å². The van der Waals surface area contributed by atoms with Crippen LogP contribution in [0.2, 0.25) is 0 Å². The number of rotatable bonds is 2. The van der Waals surface area contributed by atoms with Gasteiger partial charge in [0.25, 0.3) is 0 Å². The van der Waals surface area contributed by atoms with Crippen LogP contribution in [0.25, 0.3) is 0 Å². The van der Waals surface area contributed by atoms with Crippen LogP contribution < -0.4 is 5.73 Å². The van der Waals surface area contributed by atoms with Crippen molar-refractivity contribution < 1.29 is 9.53 Å². The van der Waals surface area contributed by atoms with Crippen LogP contribution in [-0.2, 0) is 9.53 Å². The molecule has 2 N–H and O–H groups in total. The van der Waals surface area contributed by atoms with E-state index in [1.807, 2.05) is 6.92 Å². The van der Waals surface area contributed by atoms with E-state index < -0.39 is 5.41 Å². The van der Waals surface area contributed by atoms with E-state index in [4.69, 9.17) is 10.5 Å². The van der Waals surface area contributed by atoms with Crippen molar-refractivity contribution in [2.45, 2.75) is 77.9 Å². The molecule has 0 aromatic heterocycles. The van der Waals surface area contributed by atoms with Gasteiger partial charge in [0.2, 0.25) is 0 Å². The zero-order valence-electron chi connectivity index (χ0n) is 12.7. The second-order valence-electron chi connectivity index (χ2n) is 7.06. The predicted octanol–water partition coefficient (Wildman–Crippen LogP) is 3.26. The molecule has 5 unspecified atom stereocenters. The first-order valence-electron chi connectivity index (χ1n) is 7.90. The molecule has 0 spiro atoms. The molecule has 3 nitrogen and oxygen atoms in total. The van der Waals surface area contributed by atoms with E-state index in [9.17, 15) is 4.79 Å². The lowest BCUT2D eigenvalue weighted by molar-refractivity contribution is -0.166. The van der Waals surface area contributed by atoms with E-state index in [1.54, 1.807) is 0 Å². The third kappa shape index (κ3) is 3.13. The van der Waals surface area contributed by atoms with Crippen LogP contribution in [0.5, 0.6) is 0 Å². The summed E-state index contributed by atoms with van der Waals surface area (Å²) < 4.78 is 5.80. The van der Waals surface area contributed by atoms with Gasteiger partial charge in [0.05, 0.1) is 5.41 Å². The summed E-state index contributed by atoms with van der Waals surface area (Å²) in [6, 6.07) is -0.0336. The zero-order valence-corrected chi connectivity index (χ0v) is 12.7. The molecule has 110 valence electrons. The highest BCUT2D eigenvalue weighted by Crippen LogP contribution is 2.38. The van der Waals surface area contributed by atoms with E-state index in [1.165, 1.54) is 6.42 Å². The molecule has 0 aliphatic heterocycles. The molecule has 3 heteroatoms. The fraction of sp³-hybridized carbons (Fsp3) is 0.938. The van der Waals surface area contributed by atoms with Crippen molar-refractivity contribution in [2.24, 2.45) is 23.0 Å². The molecule has 5 atom stereocenters. The average molecular weight is 267 g/mol. The van der Waals surface area contributed by atoms with Gasteiger partial charge in [-0.2, -0.15) is 0 Å². The van der Waals surface area contributed by atoms with Gasteiger partial charge in [0.1, 0.15) is 6.10 Å². The molecule has 2 rings (SSSR count). The molecular formula is C16H29NO2. The van der Waals surface area contributed by atoms with Crippen LogP contribution in [0, 0.1) is 17.3 Å². The van der Waals surface area contributed by atoms with Crippen LogP contribution in [0.4, 0.5) is 0 Å². The molecule has 2 aliphatic rings. The Morgan fingerprint density at radius 1 is 1.16 bits per heavy atom. The molecule has 2 saturated carbocycles. The molecule has 0 heterocycles. The molecule has 2 fully saturated rings. The molecule has 19 heavy (non-hydrogen) atoms. The van der Waals surface area contributed by atoms with Crippen LogP contribution in [-0.4, -0.2) is 18.1 Å². The van der Waals surface area contributed by atoms with Crippen LogP contribution in [0.15, 0.2) is 0 Å². The minimum atomic E-state index is -0.454. The second-order valence-corrected chi connectivity index (χ2v) is 7.06. The smallest absolute Gasteiger partial charge is 0.313 e. The minimum absolute atomic E-state index is 0.0336. The maximum atomic E-state index is 12.5. The van der Waals surface area contributed by atoms with Crippen molar-refractivity contribution in [3.8, 4) is 0 Å². The van der Waals surface area contributed by atoms with Crippen molar-refractivity contribution in [1.29, 1.82) is 0 Å². The Labute approximate surface area is 117 Å². The highest BCUT2D eigenvalue weighted by atomic mass is 16.5. The number of ether oxygens (including phenoxy) is 1. The Balaban J connectivity index is 1.93. The fourth-order valence-electron chi connectivity index (χ4n) is 3.51. The number of nitrogens with two attached hydrogens (primary N) is 1. The first-order chi connectivity index (χ1) is 8.93. The van der Waals surface area contributed by atoms with Crippen LogP contribution in [0.1, 0.15) is 65.7 Å². The summed E-state index contributed by atoms with van der Waals surface area (Å²) in [5, 5.41) is 0. The summed E-state index contributed by atoms with van der Waals surface area (Å²) in [6.45, 7) is 6.55. The van der Waals surface area contributed by atoms with Crippen molar-refractivity contribution >= 4 is 5.97 Å². The highest BCUT2D eigenvalue weighted by molar-refractivity contribution is 5.77. The summed E-state index contributed by atoms with van der Waals surface area (Å²) in [7, 11) is 0. The Morgan fingerprint density at radius 3 is 2.53 bits per heavy atom. The van der Waals surface area contributed by atoms with Gasteiger partial charge in [-0.05, 0) is 50.9 Å². The van der Waals surface area contributed by atoms with Gasteiger partial charge in [0.15, 0.2) is 0 Å². The first kappa shape index (κ1) is 14.8. The highest BCUT2D eigenvalue weighted by Gasteiger charge is 2.43. The average Bonchev–Trinajstić information content (AvgIpc) is 2.37. The Morgan fingerprint density at radius 2 is 1.89 bits per heavy atom. The Bertz CT molecular complexity index is 331. The number of hydrogen-bond acceptors (Lipinski definition) is 3. The zero-order chi connectivity index (χ0) is 14.0. The molecule has 0 bridgehead atoms. The van der Waals surface area contributed by atoms with Gasteiger partial charge in [-0.3, -0.25) is 4.79 Å². The molecule has 2 aliphatic carbocycles. The minimum Gasteiger partial charge on any atom is -0.462 e. The lowest BCUT2D eigenvalue weighted by atomic mass is 9.72. The lowest BCUT2D eigenvalue weighted by Crippen LogP contribution is -2.49. The van der Waals surface area contributed by atoms with E-state index in [-0.39, 0.29) is 18.1 Å². The van der Waals surface area contributed by atoms with E-state index in [2.05, 4.69) is 13.8 Å². The second kappa shape index (κ2) is 5.82. The topological polar surface area (TPSA) is 52.3 Å². The number of carbonyl (C=O) groups is 1. The van der Waals surface area contributed by atoms with Crippen molar-refractivity contribution in [3.05, 3.63) is 0 Å². The summed E-state index contributed by atoms with van der Waals surface area (Å²) in [4.78, 5) is 12.5. The SMILES string of the molecule is CC1CCC(OC(=O)C2(C)CCCCC2N)CC1C. The first-order valence-corrected chi connectivity index (χ1v) is 7.90. The summed E-state index contributed by atoms with van der Waals surface area (Å²) in [5.74, 6) is 1.35. The number of hydrogen-bond donors (Lipinski definition) is 1. The molecule has 0 amide bonds. The summed E-state index contributed by atoms with van der Waals surface area (Å²) >= 11 is 0. The maximum Gasteiger partial charge on any atom is 0.313 e. The Kier molecular flexibility index (Phi) is 4.54. The van der Waals surface area contributed by atoms with Crippen molar-refractivity contribution in [1.82, 2.24) is 0 Å². The standard InChI is InChI=1S/C16H29NO2/c1-11-7-8-13(10-12(11)2)19-15(18)16(3)9-5-4-6-14(16)17/h11-14H,4-10,17H2,1-3H3. The predicted molar refractivity (Wildman–Crippen MR) is 76.6 cm³/mol. The van der Waals surface area contributed by atoms with Crippen molar-refractivity contribution in [2.75, 3.05) is 0 Å². The number of carbonyl (C=O) groups excluding carboxylic acids is 1. The van der Waals surface area contributed by atoms with E-state index in [0.717, 1.165) is 44.4 Å². The third-order valence-corrected chi connectivity index (χ3v) is 5.57. The van der Waals surface area contributed by atoms with Crippen LogP contribution >= 0.6 is 0 Å². The summed E-state index contributed by atoms with van der Waals surface area (Å²) in [6.07, 6.45) is 7.38. The maximum absolute atomic E-state index is 12.5. The largest absolute Gasteiger partial charge is 0.462 e. The number of esters is 1.